The third kappa shape index (κ3) is 5.17. The zero-order chi connectivity index (χ0) is 16.0. The third-order valence-corrected chi connectivity index (χ3v) is 2.99. The van der Waals surface area contributed by atoms with Gasteiger partial charge in [-0.2, -0.15) is 0 Å². The van der Waals surface area contributed by atoms with Gasteiger partial charge < -0.3 is 19.7 Å². The zero-order valence-electron chi connectivity index (χ0n) is 12.2. The number of allylic oxidation sites excluding steroid dienone is 1. The van der Waals surface area contributed by atoms with E-state index in [9.17, 15) is 19.8 Å². The van der Waals surface area contributed by atoms with E-state index in [2.05, 4.69) is 0 Å². The number of ether oxygens (including phenoxy) is 2. The van der Waals surface area contributed by atoms with Crippen molar-refractivity contribution in [3.8, 4) is 0 Å². The Kier molecular flexibility index (Phi) is 6.33. The number of carbonyl (C=O) groups excluding carboxylic acids is 2. The molecule has 0 aliphatic carbocycles. The minimum Gasteiger partial charge on any atom is -0.451 e. The van der Waals surface area contributed by atoms with Crippen LogP contribution in [0.2, 0.25) is 0 Å². The van der Waals surface area contributed by atoms with Crippen molar-refractivity contribution in [3.05, 3.63) is 36.0 Å². The highest BCUT2D eigenvalue weighted by molar-refractivity contribution is 5.88. The minimum absolute atomic E-state index is 0.415. The maximum absolute atomic E-state index is 11.8. The topological polar surface area (TPSA) is 93.1 Å². The summed E-state index contributed by atoms with van der Waals surface area (Å²) in [5, 5.41) is 18.8. The molecule has 6 heteroatoms. The molecule has 0 bridgehead atoms. The van der Waals surface area contributed by atoms with Crippen molar-refractivity contribution in [2.24, 2.45) is 0 Å². The molecule has 0 aromatic rings. The lowest BCUT2D eigenvalue weighted by molar-refractivity contribution is -0.153. The number of cyclic esters (lactones) is 1. The predicted octanol–water partition coefficient (Wildman–Crippen LogP) is 0.644. The molecule has 0 spiro atoms. The lowest BCUT2D eigenvalue weighted by Crippen LogP contribution is -2.30. The highest BCUT2D eigenvalue weighted by Crippen LogP contribution is 2.16. The van der Waals surface area contributed by atoms with E-state index in [1.807, 2.05) is 0 Å². The number of aliphatic hydroxyl groups is 2. The van der Waals surface area contributed by atoms with Gasteiger partial charge in [0.2, 0.25) is 0 Å². The van der Waals surface area contributed by atoms with Crippen molar-refractivity contribution >= 4 is 11.9 Å². The molecule has 0 aromatic heterocycles. The van der Waals surface area contributed by atoms with E-state index in [1.165, 1.54) is 31.2 Å². The third-order valence-electron chi connectivity index (χ3n) is 2.99. The molecule has 0 unspecified atom stereocenters. The van der Waals surface area contributed by atoms with Crippen LogP contribution in [0.15, 0.2) is 36.0 Å². The van der Waals surface area contributed by atoms with Gasteiger partial charge in [-0.15, -0.1) is 0 Å². The number of carbonyl (C=O) groups is 2. The Morgan fingerprint density at radius 3 is 2.57 bits per heavy atom. The Morgan fingerprint density at radius 1 is 1.43 bits per heavy atom. The van der Waals surface area contributed by atoms with Crippen molar-refractivity contribution in [2.45, 2.75) is 45.2 Å². The Hall–Kier alpha value is -1.92. The molecule has 4 atom stereocenters. The van der Waals surface area contributed by atoms with Gasteiger partial charge in [0.15, 0.2) is 12.2 Å². The quantitative estimate of drug-likeness (QED) is 0.424. The van der Waals surface area contributed by atoms with Gasteiger partial charge >= 0.3 is 11.9 Å². The van der Waals surface area contributed by atoms with Gasteiger partial charge in [0, 0.05) is 11.6 Å². The van der Waals surface area contributed by atoms with E-state index in [0.717, 1.165) is 0 Å². The Balaban J connectivity index is 2.82. The summed E-state index contributed by atoms with van der Waals surface area (Å²) in [5.74, 6) is -1.07. The lowest BCUT2D eigenvalue weighted by atomic mass is 10.1. The van der Waals surface area contributed by atoms with Crippen LogP contribution in [0.25, 0.3) is 0 Å². The SMILES string of the molecule is C/C=C(\C)C(=O)O[C@@H](/C=C/[C@@H](O)[C@@H](C)O)[C@@H]1C=CC(=O)O1. The molecule has 0 aromatic carbocycles. The van der Waals surface area contributed by atoms with Gasteiger partial charge in [0.1, 0.15) is 0 Å². The fourth-order valence-corrected chi connectivity index (χ4v) is 1.50. The highest BCUT2D eigenvalue weighted by atomic mass is 16.6. The molecule has 0 radical (unpaired) electrons. The van der Waals surface area contributed by atoms with Crippen LogP contribution in [0.1, 0.15) is 20.8 Å². The molecule has 0 saturated heterocycles. The van der Waals surface area contributed by atoms with Crippen LogP contribution in [0.5, 0.6) is 0 Å². The van der Waals surface area contributed by atoms with Crippen molar-refractivity contribution in [2.75, 3.05) is 0 Å². The average molecular weight is 296 g/mol. The maximum atomic E-state index is 11.8. The molecule has 0 amide bonds. The number of hydrogen-bond acceptors (Lipinski definition) is 6. The first-order valence-corrected chi connectivity index (χ1v) is 6.62. The Bertz CT molecular complexity index is 475. The summed E-state index contributed by atoms with van der Waals surface area (Å²) < 4.78 is 10.2. The fourth-order valence-electron chi connectivity index (χ4n) is 1.50. The molecule has 0 fully saturated rings. The molecular formula is C15H20O6. The molecule has 1 heterocycles. The van der Waals surface area contributed by atoms with Gasteiger partial charge in [-0.25, -0.2) is 9.59 Å². The molecule has 6 nitrogen and oxygen atoms in total. The van der Waals surface area contributed by atoms with E-state index < -0.39 is 36.4 Å². The van der Waals surface area contributed by atoms with Crippen LogP contribution in [0, 0.1) is 0 Å². The van der Waals surface area contributed by atoms with Gasteiger partial charge in [-0.05, 0) is 32.9 Å². The van der Waals surface area contributed by atoms with Crippen molar-refractivity contribution in [1.29, 1.82) is 0 Å². The van der Waals surface area contributed by atoms with Gasteiger partial charge in [0.25, 0.3) is 0 Å². The van der Waals surface area contributed by atoms with Crippen LogP contribution < -0.4 is 0 Å². The van der Waals surface area contributed by atoms with E-state index in [1.54, 1.807) is 19.9 Å². The van der Waals surface area contributed by atoms with Crippen LogP contribution >= 0.6 is 0 Å². The molecule has 1 aliphatic rings. The second-order valence-corrected chi connectivity index (χ2v) is 4.72. The summed E-state index contributed by atoms with van der Waals surface area (Å²) in [6, 6.07) is 0. The van der Waals surface area contributed by atoms with Crippen LogP contribution in [0.3, 0.4) is 0 Å². The molecule has 1 aliphatic heterocycles. The maximum Gasteiger partial charge on any atom is 0.334 e. The van der Waals surface area contributed by atoms with Crippen LogP contribution in [0.4, 0.5) is 0 Å². The second-order valence-electron chi connectivity index (χ2n) is 4.72. The number of esters is 2. The van der Waals surface area contributed by atoms with Crippen molar-refractivity contribution < 1.29 is 29.3 Å². The smallest absolute Gasteiger partial charge is 0.334 e. The zero-order valence-corrected chi connectivity index (χ0v) is 12.2. The van der Waals surface area contributed by atoms with Crippen molar-refractivity contribution in [1.82, 2.24) is 0 Å². The molecule has 21 heavy (non-hydrogen) atoms. The molecule has 116 valence electrons. The summed E-state index contributed by atoms with van der Waals surface area (Å²) in [4.78, 5) is 22.9. The van der Waals surface area contributed by atoms with Gasteiger partial charge in [-0.3, -0.25) is 0 Å². The summed E-state index contributed by atoms with van der Waals surface area (Å²) >= 11 is 0. The summed E-state index contributed by atoms with van der Waals surface area (Å²) in [6.45, 7) is 4.73. The van der Waals surface area contributed by atoms with Crippen molar-refractivity contribution in [3.63, 3.8) is 0 Å². The molecule has 0 saturated carbocycles. The van der Waals surface area contributed by atoms with Gasteiger partial charge in [-0.1, -0.05) is 12.2 Å². The van der Waals surface area contributed by atoms with Crippen LogP contribution in [-0.2, 0) is 19.1 Å². The lowest BCUT2D eigenvalue weighted by Gasteiger charge is -2.20. The Labute approximate surface area is 123 Å². The Morgan fingerprint density at radius 2 is 2.10 bits per heavy atom. The van der Waals surface area contributed by atoms with E-state index in [4.69, 9.17) is 9.47 Å². The van der Waals surface area contributed by atoms with Crippen LogP contribution in [-0.4, -0.2) is 46.6 Å². The molecular weight excluding hydrogens is 276 g/mol. The molecule has 1 rings (SSSR count). The number of aliphatic hydroxyl groups excluding tert-OH is 2. The normalized spacial score (nSPS) is 23.0. The average Bonchev–Trinajstić information content (AvgIpc) is 2.87. The summed E-state index contributed by atoms with van der Waals surface area (Å²) in [5.41, 5.74) is 0.415. The summed E-state index contributed by atoms with van der Waals surface area (Å²) in [6.07, 6.45) is 3.33. The fraction of sp³-hybridized carbons (Fsp3) is 0.467. The van der Waals surface area contributed by atoms with Gasteiger partial charge in [0.05, 0.1) is 12.2 Å². The largest absolute Gasteiger partial charge is 0.451 e. The monoisotopic (exact) mass is 296 g/mol. The van der Waals surface area contributed by atoms with E-state index in [0.29, 0.717) is 5.57 Å². The van der Waals surface area contributed by atoms with E-state index >= 15 is 0 Å². The standard InChI is InChI=1S/C15H20O6/c1-4-9(2)15(19)21-13(6-5-11(17)10(3)16)12-7-8-14(18)20-12/h4-8,10-13,16-17H,1-3H3/b6-5+,9-4+/t10-,11-,12+,13+/m1/s1. The first-order valence-electron chi connectivity index (χ1n) is 6.62. The first-order chi connectivity index (χ1) is 9.85. The predicted molar refractivity (Wildman–Crippen MR) is 75.2 cm³/mol. The summed E-state index contributed by atoms with van der Waals surface area (Å²) in [7, 11) is 0. The van der Waals surface area contributed by atoms with E-state index in [-0.39, 0.29) is 0 Å². The minimum atomic E-state index is -1.10. The number of hydrogen-bond donors (Lipinski definition) is 2. The second kappa shape index (κ2) is 7.75. The number of rotatable bonds is 6. The highest BCUT2D eigenvalue weighted by Gasteiger charge is 2.28. The first kappa shape index (κ1) is 17.1. The molecule has 2 N–H and O–H groups in total.